The Labute approximate surface area is 190 Å². The Hall–Kier alpha value is -3.13. The van der Waals surface area contributed by atoms with Crippen LogP contribution in [0.15, 0.2) is 58.5 Å². The van der Waals surface area contributed by atoms with Crippen LogP contribution >= 0.6 is 11.8 Å². The number of ether oxygens (including phenoxy) is 1. The molecule has 2 aromatic carbocycles. The summed E-state index contributed by atoms with van der Waals surface area (Å²) in [6.07, 6.45) is 3.27. The quantitative estimate of drug-likeness (QED) is 0.457. The van der Waals surface area contributed by atoms with Crippen LogP contribution in [0.5, 0.6) is 0 Å². The third-order valence-electron chi connectivity index (χ3n) is 5.54. The van der Waals surface area contributed by atoms with Crippen LogP contribution in [0.1, 0.15) is 35.2 Å². The molecule has 0 unspecified atom stereocenters. The van der Waals surface area contributed by atoms with Gasteiger partial charge in [0.15, 0.2) is 5.16 Å². The molecule has 0 spiro atoms. The van der Waals surface area contributed by atoms with Crippen molar-refractivity contribution in [2.45, 2.75) is 42.6 Å². The van der Waals surface area contributed by atoms with E-state index in [-0.39, 0.29) is 16.7 Å². The fourth-order valence-electron chi connectivity index (χ4n) is 3.77. The first-order valence-corrected chi connectivity index (χ1v) is 11.6. The highest BCUT2D eigenvalue weighted by atomic mass is 32.2. The molecule has 1 saturated heterocycles. The van der Waals surface area contributed by atoms with Crippen LogP contribution < -0.4 is 10.9 Å². The molecule has 166 valence electrons. The number of carbonyl (C=O) groups excluding carboxylic acids is 2. The van der Waals surface area contributed by atoms with Crippen LogP contribution in [0.4, 0.5) is 0 Å². The number of aromatic nitrogens is 2. The third kappa shape index (κ3) is 4.85. The molecule has 8 heteroatoms. The molecule has 0 aliphatic carbocycles. The van der Waals surface area contributed by atoms with E-state index in [0.29, 0.717) is 41.1 Å². The lowest BCUT2D eigenvalue weighted by Crippen LogP contribution is -2.32. The maximum atomic E-state index is 13.4. The van der Waals surface area contributed by atoms with E-state index in [9.17, 15) is 14.4 Å². The van der Waals surface area contributed by atoms with Gasteiger partial charge in [-0.2, -0.15) is 0 Å². The maximum absolute atomic E-state index is 13.4. The largest absolute Gasteiger partial charge is 0.465 e. The molecule has 1 atom stereocenters. The lowest BCUT2D eigenvalue weighted by Gasteiger charge is -2.17. The molecule has 1 aliphatic heterocycles. The molecular weight excluding hydrogens is 426 g/mol. The molecule has 0 radical (unpaired) electrons. The average molecular weight is 452 g/mol. The van der Waals surface area contributed by atoms with Gasteiger partial charge < -0.3 is 10.1 Å². The van der Waals surface area contributed by atoms with Crippen molar-refractivity contribution >= 4 is 34.5 Å². The molecule has 1 aliphatic rings. The molecule has 32 heavy (non-hydrogen) atoms. The van der Waals surface area contributed by atoms with E-state index < -0.39 is 5.97 Å². The molecule has 2 heterocycles. The highest BCUT2D eigenvalue weighted by molar-refractivity contribution is 8.00. The van der Waals surface area contributed by atoms with E-state index in [1.165, 1.54) is 18.9 Å². The molecule has 0 saturated carbocycles. The molecule has 4 rings (SSSR count). The van der Waals surface area contributed by atoms with Gasteiger partial charge in [-0.05, 0) is 43.0 Å². The van der Waals surface area contributed by atoms with E-state index in [4.69, 9.17) is 9.72 Å². The number of carbonyl (C=O) groups is 2. The summed E-state index contributed by atoms with van der Waals surface area (Å²) in [5, 5.41) is 3.55. The zero-order chi connectivity index (χ0) is 22.5. The monoisotopic (exact) mass is 451 g/mol. The first kappa shape index (κ1) is 22.1. The van der Waals surface area contributed by atoms with E-state index >= 15 is 0 Å². The van der Waals surface area contributed by atoms with Crippen molar-refractivity contribution in [1.82, 2.24) is 14.9 Å². The number of methoxy groups -OCH3 is 1. The van der Waals surface area contributed by atoms with E-state index in [2.05, 4.69) is 5.32 Å². The maximum Gasteiger partial charge on any atom is 0.337 e. The van der Waals surface area contributed by atoms with Crippen molar-refractivity contribution < 1.29 is 14.3 Å². The fourth-order valence-corrected chi connectivity index (χ4v) is 4.95. The predicted molar refractivity (Wildman–Crippen MR) is 124 cm³/mol. The van der Waals surface area contributed by atoms with E-state index in [0.717, 1.165) is 24.8 Å². The Kier molecular flexibility index (Phi) is 6.90. The molecule has 1 N–H and O–H groups in total. The number of nitrogens with one attached hydrogen (secondary N) is 1. The predicted octanol–water partition coefficient (Wildman–Crippen LogP) is 3.19. The van der Waals surface area contributed by atoms with Crippen molar-refractivity contribution in [3.05, 3.63) is 70.0 Å². The number of aryl methyl sites for hydroxylation is 1. The normalized spacial score (nSPS) is 16.4. The van der Waals surface area contributed by atoms with Gasteiger partial charge in [0.2, 0.25) is 5.91 Å². The Morgan fingerprint density at radius 3 is 2.78 bits per heavy atom. The molecule has 7 nitrogen and oxygen atoms in total. The molecule has 1 amide bonds. The van der Waals surface area contributed by atoms with Crippen molar-refractivity contribution in [3.8, 4) is 0 Å². The smallest absolute Gasteiger partial charge is 0.337 e. The van der Waals surface area contributed by atoms with Crippen molar-refractivity contribution in [2.24, 2.45) is 0 Å². The summed E-state index contributed by atoms with van der Waals surface area (Å²) in [5.74, 6) is -0.515. The van der Waals surface area contributed by atoms with Gasteiger partial charge in [0, 0.05) is 13.1 Å². The van der Waals surface area contributed by atoms with Crippen LogP contribution in [-0.4, -0.2) is 40.3 Å². The SMILES string of the molecule is COC(=O)c1ccc2c(=O)n(CCc3ccccc3)c(S[C@H]3CCCCNC3=O)nc2c1. The van der Waals surface area contributed by atoms with Crippen LogP contribution in [-0.2, 0) is 22.5 Å². The lowest BCUT2D eigenvalue weighted by atomic mass is 10.1. The number of amides is 1. The first-order valence-electron chi connectivity index (χ1n) is 10.7. The first-order chi connectivity index (χ1) is 15.6. The molecule has 0 bridgehead atoms. The fraction of sp³-hybridized carbons (Fsp3) is 0.333. The van der Waals surface area contributed by atoms with Crippen molar-refractivity contribution in [2.75, 3.05) is 13.7 Å². The number of benzene rings is 2. The molecular formula is C24H25N3O4S. The summed E-state index contributed by atoms with van der Waals surface area (Å²) < 4.78 is 6.45. The van der Waals surface area contributed by atoms with Crippen molar-refractivity contribution in [1.29, 1.82) is 0 Å². The van der Waals surface area contributed by atoms with Gasteiger partial charge >= 0.3 is 5.97 Å². The molecule has 3 aromatic rings. The number of esters is 1. The van der Waals surface area contributed by atoms with Gasteiger partial charge in [0.1, 0.15) is 0 Å². The standard InChI is InChI=1S/C24H25N3O4S/c1-31-23(30)17-10-11-18-19(15-17)26-24(32-20-9-5-6-13-25-21(20)28)27(22(18)29)14-12-16-7-3-2-4-8-16/h2-4,7-8,10-11,15,20H,5-6,9,12-14H2,1H3,(H,25,28)/t20-/m0/s1. The number of hydrogen-bond donors (Lipinski definition) is 1. The van der Waals surface area contributed by atoms with E-state index in [1.54, 1.807) is 22.8 Å². The molecule has 1 fully saturated rings. The number of nitrogens with zero attached hydrogens (tertiary/aromatic N) is 2. The topological polar surface area (TPSA) is 90.3 Å². The summed E-state index contributed by atoms with van der Waals surface area (Å²) in [4.78, 5) is 42.6. The van der Waals surface area contributed by atoms with E-state index in [1.807, 2.05) is 30.3 Å². The van der Waals surface area contributed by atoms with Gasteiger partial charge in [-0.3, -0.25) is 14.2 Å². The Bertz CT molecular complexity index is 1190. The Morgan fingerprint density at radius 2 is 2.00 bits per heavy atom. The van der Waals surface area contributed by atoms with Crippen LogP contribution in [0.2, 0.25) is 0 Å². The second-order valence-electron chi connectivity index (χ2n) is 7.70. The highest BCUT2D eigenvalue weighted by Crippen LogP contribution is 2.28. The number of fused-ring (bicyclic) bond motifs is 1. The minimum atomic E-state index is -0.487. The minimum absolute atomic E-state index is 0.0280. The summed E-state index contributed by atoms with van der Waals surface area (Å²) in [6, 6.07) is 14.7. The summed E-state index contributed by atoms with van der Waals surface area (Å²) in [6.45, 7) is 1.12. The second kappa shape index (κ2) is 9.99. The molecule has 1 aromatic heterocycles. The third-order valence-corrected chi connectivity index (χ3v) is 6.80. The lowest BCUT2D eigenvalue weighted by molar-refractivity contribution is -0.120. The highest BCUT2D eigenvalue weighted by Gasteiger charge is 2.25. The van der Waals surface area contributed by atoms with Gasteiger partial charge in [0.05, 0.1) is 28.8 Å². The number of thioether (sulfide) groups is 1. The Morgan fingerprint density at radius 1 is 1.19 bits per heavy atom. The van der Waals surface area contributed by atoms with Gasteiger partial charge in [0.25, 0.3) is 5.56 Å². The van der Waals surface area contributed by atoms with Gasteiger partial charge in [-0.1, -0.05) is 48.5 Å². The number of rotatable bonds is 6. The van der Waals surface area contributed by atoms with Gasteiger partial charge in [-0.25, -0.2) is 9.78 Å². The minimum Gasteiger partial charge on any atom is -0.465 e. The van der Waals surface area contributed by atoms with Crippen LogP contribution in [0, 0.1) is 0 Å². The van der Waals surface area contributed by atoms with Gasteiger partial charge in [-0.15, -0.1) is 0 Å². The average Bonchev–Trinajstić information content (AvgIpc) is 3.02. The summed E-state index contributed by atoms with van der Waals surface area (Å²) in [7, 11) is 1.31. The Balaban J connectivity index is 1.75. The van der Waals surface area contributed by atoms with Crippen LogP contribution in [0.25, 0.3) is 10.9 Å². The van der Waals surface area contributed by atoms with Crippen molar-refractivity contribution in [3.63, 3.8) is 0 Å². The zero-order valence-corrected chi connectivity index (χ0v) is 18.7. The summed E-state index contributed by atoms with van der Waals surface area (Å²) >= 11 is 1.32. The number of hydrogen-bond acceptors (Lipinski definition) is 6. The van der Waals surface area contributed by atoms with Crippen LogP contribution in [0.3, 0.4) is 0 Å². The second-order valence-corrected chi connectivity index (χ2v) is 8.87. The zero-order valence-electron chi connectivity index (χ0n) is 17.9. The summed E-state index contributed by atoms with van der Waals surface area (Å²) in [5.41, 5.74) is 1.69.